The van der Waals surface area contributed by atoms with Crippen LogP contribution in [-0.4, -0.2) is 31.6 Å². The van der Waals surface area contributed by atoms with Gasteiger partial charge in [0, 0.05) is 23.9 Å². The number of hydrogen-bond donors (Lipinski definition) is 1. The van der Waals surface area contributed by atoms with Crippen molar-refractivity contribution in [2.24, 2.45) is 0 Å². The molecule has 1 fully saturated rings. The van der Waals surface area contributed by atoms with Crippen LogP contribution in [0.5, 0.6) is 0 Å². The fourth-order valence-corrected chi connectivity index (χ4v) is 3.50. The van der Waals surface area contributed by atoms with Gasteiger partial charge in [-0.25, -0.2) is 0 Å². The highest BCUT2D eigenvalue weighted by Gasteiger charge is 2.47. The van der Waals surface area contributed by atoms with E-state index in [-0.39, 0.29) is 23.4 Å². The molecule has 31 heavy (non-hydrogen) atoms. The van der Waals surface area contributed by atoms with Gasteiger partial charge in [-0.1, -0.05) is 6.07 Å². The number of aliphatic hydroxyl groups is 1. The third-order valence-corrected chi connectivity index (χ3v) is 4.98. The predicted octanol–water partition coefficient (Wildman–Crippen LogP) is 3.51. The summed E-state index contributed by atoms with van der Waals surface area (Å²) in [5.41, 5.74) is 0.428. The number of hydrogen-bond acceptors (Lipinski definition) is 7. The molecule has 0 spiro atoms. The Morgan fingerprint density at radius 3 is 2.48 bits per heavy atom. The number of carbonyl (C=O) groups excluding carboxylic acids is 2. The molecule has 2 aromatic heterocycles. The Bertz CT molecular complexity index is 1200. The molecule has 1 aliphatic rings. The average Bonchev–Trinajstić information content (AvgIpc) is 3.30. The second-order valence-corrected chi connectivity index (χ2v) is 7.00. The lowest BCUT2D eigenvalue weighted by atomic mass is 9.99. The smallest absolute Gasteiger partial charge is 0.296 e. The topological polar surface area (TPSA) is 127 Å². The zero-order valence-electron chi connectivity index (χ0n) is 16.4. The van der Waals surface area contributed by atoms with Gasteiger partial charge >= 0.3 is 0 Å². The SMILES string of the molecule is Cc1ccc(C2/C(=C(/O)c3ccc([N+](=O)[O-])cc3)C(=O)C(=O)N2Cc2ccccn2)o1. The first-order chi connectivity index (χ1) is 14.9. The van der Waals surface area contributed by atoms with E-state index in [1.165, 1.54) is 29.2 Å². The molecule has 3 aromatic rings. The highest BCUT2D eigenvalue weighted by Crippen LogP contribution is 2.40. The third-order valence-electron chi connectivity index (χ3n) is 4.98. The Balaban J connectivity index is 1.82. The number of aromatic nitrogens is 1. The Labute approximate surface area is 176 Å². The zero-order valence-corrected chi connectivity index (χ0v) is 16.4. The van der Waals surface area contributed by atoms with Crippen molar-refractivity contribution >= 4 is 23.1 Å². The summed E-state index contributed by atoms with van der Waals surface area (Å²) >= 11 is 0. The van der Waals surface area contributed by atoms with Gasteiger partial charge < -0.3 is 14.4 Å². The number of benzene rings is 1. The van der Waals surface area contributed by atoms with Gasteiger partial charge in [0.05, 0.1) is 22.7 Å². The number of likely N-dealkylation sites (tertiary alicyclic amines) is 1. The van der Waals surface area contributed by atoms with Crippen molar-refractivity contribution in [1.29, 1.82) is 0 Å². The summed E-state index contributed by atoms with van der Waals surface area (Å²) in [7, 11) is 0. The monoisotopic (exact) mass is 419 g/mol. The number of rotatable bonds is 5. The van der Waals surface area contributed by atoms with Crippen molar-refractivity contribution < 1.29 is 24.0 Å². The average molecular weight is 419 g/mol. The number of nitro benzene ring substituents is 1. The summed E-state index contributed by atoms with van der Waals surface area (Å²) in [5, 5.41) is 21.8. The molecule has 4 rings (SSSR count). The number of amides is 1. The molecular formula is C22H17N3O6. The largest absolute Gasteiger partial charge is 0.507 e. The summed E-state index contributed by atoms with van der Waals surface area (Å²) < 4.78 is 5.70. The maximum absolute atomic E-state index is 12.9. The molecule has 1 unspecified atom stereocenters. The number of nitro groups is 1. The number of non-ortho nitro benzene ring substituents is 1. The Morgan fingerprint density at radius 2 is 1.90 bits per heavy atom. The van der Waals surface area contributed by atoms with E-state index in [0.717, 1.165) is 0 Å². The summed E-state index contributed by atoms with van der Waals surface area (Å²) in [6.07, 6.45) is 1.58. The molecule has 0 radical (unpaired) electrons. The number of Topliss-reactive ketones (excluding diaryl/α,β-unsaturated/α-hetero) is 1. The number of aryl methyl sites for hydroxylation is 1. The Morgan fingerprint density at radius 1 is 1.16 bits per heavy atom. The van der Waals surface area contributed by atoms with E-state index in [1.807, 2.05) is 0 Å². The number of nitrogens with zero attached hydrogens (tertiary/aromatic N) is 3. The molecule has 1 aliphatic heterocycles. The van der Waals surface area contributed by atoms with Crippen molar-refractivity contribution in [3.05, 3.63) is 99.3 Å². The van der Waals surface area contributed by atoms with Crippen molar-refractivity contribution in [1.82, 2.24) is 9.88 Å². The lowest BCUT2D eigenvalue weighted by Crippen LogP contribution is -2.29. The van der Waals surface area contributed by atoms with Gasteiger partial charge in [0.15, 0.2) is 0 Å². The van der Waals surface area contributed by atoms with Crippen molar-refractivity contribution in [3.8, 4) is 0 Å². The lowest BCUT2D eigenvalue weighted by Gasteiger charge is -2.23. The van der Waals surface area contributed by atoms with Gasteiger partial charge in [0.1, 0.15) is 23.3 Å². The number of furan rings is 1. The van der Waals surface area contributed by atoms with E-state index in [4.69, 9.17) is 4.42 Å². The molecule has 0 bridgehead atoms. The van der Waals surface area contributed by atoms with Gasteiger partial charge in [-0.3, -0.25) is 24.7 Å². The second kappa shape index (κ2) is 7.86. The normalized spacial score (nSPS) is 17.8. The van der Waals surface area contributed by atoms with Crippen molar-refractivity contribution in [3.63, 3.8) is 0 Å². The van der Waals surface area contributed by atoms with E-state index in [1.54, 1.807) is 43.5 Å². The Hall–Kier alpha value is -4.27. The zero-order chi connectivity index (χ0) is 22.1. The van der Waals surface area contributed by atoms with Crippen LogP contribution in [0.4, 0.5) is 5.69 Å². The van der Waals surface area contributed by atoms with Gasteiger partial charge in [0.25, 0.3) is 17.4 Å². The molecule has 1 N–H and O–H groups in total. The van der Waals surface area contributed by atoms with E-state index in [2.05, 4.69) is 4.98 Å². The highest BCUT2D eigenvalue weighted by molar-refractivity contribution is 6.46. The molecule has 156 valence electrons. The predicted molar refractivity (Wildman–Crippen MR) is 109 cm³/mol. The van der Waals surface area contributed by atoms with E-state index >= 15 is 0 Å². The van der Waals surface area contributed by atoms with Crippen LogP contribution >= 0.6 is 0 Å². The lowest BCUT2D eigenvalue weighted by molar-refractivity contribution is -0.384. The molecule has 0 aliphatic carbocycles. The standard InChI is InChI=1S/C22H17N3O6/c1-13-5-10-17(31-13)19-18(20(26)14-6-8-16(9-7-14)25(29)30)21(27)22(28)24(19)12-15-4-2-3-11-23-15/h2-11,19,26H,12H2,1H3/b20-18-. The van der Waals surface area contributed by atoms with Crippen molar-refractivity contribution in [2.45, 2.75) is 19.5 Å². The first-order valence-corrected chi connectivity index (χ1v) is 9.36. The minimum Gasteiger partial charge on any atom is -0.507 e. The number of ketones is 1. The van der Waals surface area contributed by atoms with Gasteiger partial charge in [-0.05, 0) is 43.3 Å². The minimum atomic E-state index is -0.967. The fraction of sp³-hybridized carbons (Fsp3) is 0.136. The van der Waals surface area contributed by atoms with Gasteiger partial charge in [0.2, 0.25) is 0 Å². The van der Waals surface area contributed by atoms with E-state index < -0.39 is 28.4 Å². The molecule has 1 amide bonds. The van der Waals surface area contributed by atoms with Crippen LogP contribution in [0.1, 0.15) is 28.8 Å². The van der Waals surface area contributed by atoms with Gasteiger partial charge in [-0.15, -0.1) is 0 Å². The molecule has 1 saturated heterocycles. The summed E-state index contributed by atoms with van der Waals surface area (Å²) in [6.45, 7) is 1.76. The Kier molecular flexibility index (Phi) is 5.08. The summed E-state index contributed by atoms with van der Waals surface area (Å²) in [6, 6.07) is 12.7. The minimum absolute atomic E-state index is 0.0346. The molecule has 1 aromatic carbocycles. The number of pyridine rings is 1. The van der Waals surface area contributed by atoms with Crippen LogP contribution in [0.2, 0.25) is 0 Å². The first-order valence-electron chi connectivity index (χ1n) is 9.36. The van der Waals surface area contributed by atoms with E-state index in [0.29, 0.717) is 17.2 Å². The summed E-state index contributed by atoms with van der Waals surface area (Å²) in [4.78, 5) is 41.6. The fourth-order valence-electron chi connectivity index (χ4n) is 3.50. The number of aliphatic hydroxyl groups excluding tert-OH is 1. The van der Waals surface area contributed by atoms with Crippen LogP contribution in [0.3, 0.4) is 0 Å². The quantitative estimate of drug-likeness (QED) is 0.220. The molecule has 1 atom stereocenters. The molecule has 9 nitrogen and oxygen atoms in total. The maximum Gasteiger partial charge on any atom is 0.296 e. The van der Waals surface area contributed by atoms with Crippen LogP contribution in [0.15, 0.2) is 70.8 Å². The molecule has 3 heterocycles. The van der Waals surface area contributed by atoms with Gasteiger partial charge in [-0.2, -0.15) is 0 Å². The van der Waals surface area contributed by atoms with Crippen LogP contribution < -0.4 is 0 Å². The molecule has 9 heteroatoms. The first kappa shape index (κ1) is 20.0. The maximum atomic E-state index is 12.9. The highest BCUT2D eigenvalue weighted by atomic mass is 16.6. The van der Waals surface area contributed by atoms with Crippen LogP contribution in [-0.2, 0) is 16.1 Å². The molecule has 0 saturated carbocycles. The molecular weight excluding hydrogens is 402 g/mol. The van der Waals surface area contributed by atoms with Crippen molar-refractivity contribution in [2.75, 3.05) is 0 Å². The van der Waals surface area contributed by atoms with Crippen LogP contribution in [0, 0.1) is 17.0 Å². The van der Waals surface area contributed by atoms with E-state index in [9.17, 15) is 24.8 Å². The number of carbonyl (C=O) groups is 2. The third kappa shape index (κ3) is 3.68. The second-order valence-electron chi connectivity index (χ2n) is 7.00. The van der Waals surface area contributed by atoms with Crippen LogP contribution in [0.25, 0.3) is 5.76 Å². The summed E-state index contributed by atoms with van der Waals surface area (Å²) in [5.74, 6) is -1.21.